The van der Waals surface area contributed by atoms with E-state index in [4.69, 9.17) is 11.6 Å². The Labute approximate surface area is 123 Å². The van der Waals surface area contributed by atoms with Gasteiger partial charge in [0.15, 0.2) is 0 Å². The number of hydrogen-bond acceptors (Lipinski definition) is 2. The molecule has 0 unspecified atom stereocenters. The monoisotopic (exact) mass is 342 g/mol. The van der Waals surface area contributed by atoms with Crippen LogP contribution < -0.4 is 11.2 Å². The molecular weight excluding hydrogens is 332 g/mol. The Morgan fingerprint density at radius 1 is 1.37 bits per heavy atom. The smallest absolute Gasteiger partial charge is 0.297 e. The molecule has 0 spiro atoms. The van der Waals surface area contributed by atoms with E-state index in [9.17, 15) is 9.59 Å². The third-order valence-corrected chi connectivity index (χ3v) is 4.11. The first-order valence-corrected chi connectivity index (χ1v) is 6.93. The maximum atomic E-state index is 12.3. The Morgan fingerprint density at radius 2 is 2.05 bits per heavy atom. The molecule has 4 nitrogen and oxygen atoms in total. The fraction of sp³-hybridized carbons (Fsp3) is 0.231. The molecule has 0 saturated heterocycles. The van der Waals surface area contributed by atoms with Crippen LogP contribution >= 0.6 is 27.5 Å². The number of aromatic nitrogens is 2. The number of benzene rings is 1. The molecule has 0 atom stereocenters. The minimum Gasteiger partial charge on any atom is -0.297 e. The minimum absolute atomic E-state index is 0.114. The van der Waals surface area contributed by atoms with E-state index in [1.165, 1.54) is 0 Å². The lowest BCUT2D eigenvalue weighted by molar-refractivity contribution is 0.841. The van der Waals surface area contributed by atoms with E-state index in [0.29, 0.717) is 17.7 Å². The summed E-state index contributed by atoms with van der Waals surface area (Å²) in [4.78, 5) is 26.7. The number of aryl methyl sites for hydroxylation is 1. The van der Waals surface area contributed by atoms with Gasteiger partial charge in [-0.3, -0.25) is 9.78 Å². The van der Waals surface area contributed by atoms with Gasteiger partial charge in [0.2, 0.25) is 0 Å². The van der Waals surface area contributed by atoms with Crippen LogP contribution in [-0.2, 0) is 6.42 Å². The van der Waals surface area contributed by atoms with Gasteiger partial charge in [-0.2, -0.15) is 0 Å². The molecule has 2 aromatic rings. The number of nitrogens with one attached hydrogen (secondary N) is 1. The average molecular weight is 344 g/mol. The predicted octanol–water partition coefficient (Wildman–Crippen LogP) is 2.81. The molecule has 19 heavy (non-hydrogen) atoms. The Kier molecular flexibility index (Phi) is 3.96. The number of rotatable bonds is 2. The number of halogens is 2. The Bertz CT molecular complexity index is 749. The van der Waals surface area contributed by atoms with E-state index in [1.54, 1.807) is 18.2 Å². The number of aromatic amines is 1. The van der Waals surface area contributed by atoms with Crippen LogP contribution in [0, 0.1) is 6.92 Å². The molecule has 6 heteroatoms. The highest BCUT2D eigenvalue weighted by molar-refractivity contribution is 9.10. The summed E-state index contributed by atoms with van der Waals surface area (Å²) in [5, 5.41) is 0.114. The summed E-state index contributed by atoms with van der Waals surface area (Å²) in [7, 11) is 0. The van der Waals surface area contributed by atoms with Gasteiger partial charge in [0.05, 0.1) is 11.3 Å². The van der Waals surface area contributed by atoms with Crippen molar-refractivity contribution in [3.05, 3.63) is 59.8 Å². The van der Waals surface area contributed by atoms with E-state index in [2.05, 4.69) is 20.9 Å². The SMILES string of the molecule is CCc1c(Cl)[nH]c(=O)n(-c2ccc(Br)c(C)c2)c1=O. The molecular formula is C13H12BrClN2O2. The Balaban J connectivity index is 2.79. The van der Waals surface area contributed by atoms with Crippen molar-refractivity contribution < 1.29 is 0 Å². The van der Waals surface area contributed by atoms with E-state index in [0.717, 1.165) is 14.6 Å². The third kappa shape index (κ3) is 2.53. The van der Waals surface area contributed by atoms with Gasteiger partial charge in [0, 0.05) is 4.47 Å². The zero-order valence-electron chi connectivity index (χ0n) is 10.5. The molecule has 0 aliphatic carbocycles. The van der Waals surface area contributed by atoms with E-state index in [-0.39, 0.29) is 10.7 Å². The molecule has 0 radical (unpaired) electrons. The summed E-state index contributed by atoms with van der Waals surface area (Å²) < 4.78 is 2.02. The maximum absolute atomic E-state index is 12.3. The van der Waals surface area contributed by atoms with Crippen molar-refractivity contribution in [1.82, 2.24) is 9.55 Å². The summed E-state index contributed by atoms with van der Waals surface area (Å²) >= 11 is 9.26. The Hall–Kier alpha value is -1.33. The van der Waals surface area contributed by atoms with Gasteiger partial charge in [0.25, 0.3) is 5.56 Å². The van der Waals surface area contributed by atoms with Crippen molar-refractivity contribution in [2.24, 2.45) is 0 Å². The summed E-state index contributed by atoms with van der Waals surface area (Å²) in [6.07, 6.45) is 0.462. The van der Waals surface area contributed by atoms with Crippen LogP contribution in [0.2, 0.25) is 5.15 Å². The van der Waals surface area contributed by atoms with Gasteiger partial charge >= 0.3 is 5.69 Å². The quantitative estimate of drug-likeness (QED) is 0.853. The van der Waals surface area contributed by atoms with Crippen molar-refractivity contribution >= 4 is 27.5 Å². The predicted molar refractivity (Wildman–Crippen MR) is 79.5 cm³/mol. The second-order valence-electron chi connectivity index (χ2n) is 4.15. The summed E-state index contributed by atoms with van der Waals surface area (Å²) in [6, 6.07) is 5.28. The molecule has 1 aromatic heterocycles. The molecule has 0 saturated carbocycles. The average Bonchev–Trinajstić information content (AvgIpc) is 2.33. The first kappa shape index (κ1) is 14.1. The van der Waals surface area contributed by atoms with Crippen LogP contribution in [0.4, 0.5) is 0 Å². The highest BCUT2D eigenvalue weighted by atomic mass is 79.9. The van der Waals surface area contributed by atoms with Crippen molar-refractivity contribution in [2.75, 3.05) is 0 Å². The van der Waals surface area contributed by atoms with Crippen LogP contribution in [0.5, 0.6) is 0 Å². The first-order valence-electron chi connectivity index (χ1n) is 5.76. The lowest BCUT2D eigenvalue weighted by atomic mass is 10.2. The molecule has 0 bridgehead atoms. The van der Waals surface area contributed by atoms with Crippen LogP contribution in [-0.4, -0.2) is 9.55 Å². The van der Waals surface area contributed by atoms with E-state index in [1.807, 2.05) is 13.8 Å². The topological polar surface area (TPSA) is 54.9 Å². The van der Waals surface area contributed by atoms with E-state index >= 15 is 0 Å². The molecule has 0 aliphatic rings. The molecule has 0 amide bonds. The zero-order chi connectivity index (χ0) is 14.2. The van der Waals surface area contributed by atoms with Crippen molar-refractivity contribution in [2.45, 2.75) is 20.3 Å². The number of hydrogen-bond donors (Lipinski definition) is 1. The van der Waals surface area contributed by atoms with Crippen LogP contribution in [0.25, 0.3) is 5.69 Å². The van der Waals surface area contributed by atoms with Gasteiger partial charge in [-0.25, -0.2) is 9.36 Å². The van der Waals surface area contributed by atoms with Gasteiger partial charge < -0.3 is 0 Å². The Morgan fingerprint density at radius 3 is 2.63 bits per heavy atom. The van der Waals surface area contributed by atoms with Gasteiger partial charge in [-0.15, -0.1) is 0 Å². The lowest BCUT2D eigenvalue weighted by Crippen LogP contribution is -2.36. The normalized spacial score (nSPS) is 10.7. The van der Waals surface area contributed by atoms with Crippen LogP contribution in [0.1, 0.15) is 18.1 Å². The van der Waals surface area contributed by atoms with Crippen LogP contribution in [0.3, 0.4) is 0 Å². The molecule has 0 fully saturated rings. The maximum Gasteiger partial charge on any atom is 0.334 e. The number of nitrogens with zero attached hydrogens (tertiary/aromatic N) is 1. The largest absolute Gasteiger partial charge is 0.334 e. The molecule has 1 heterocycles. The van der Waals surface area contributed by atoms with Crippen molar-refractivity contribution in [3.63, 3.8) is 0 Å². The third-order valence-electron chi connectivity index (χ3n) is 2.90. The van der Waals surface area contributed by atoms with Gasteiger partial charge in [-0.1, -0.05) is 34.5 Å². The molecule has 100 valence electrons. The molecule has 1 N–H and O–H groups in total. The highest BCUT2D eigenvalue weighted by Crippen LogP contribution is 2.18. The second-order valence-corrected chi connectivity index (χ2v) is 5.38. The number of H-pyrrole nitrogens is 1. The summed E-state index contributed by atoms with van der Waals surface area (Å²) in [6.45, 7) is 3.71. The van der Waals surface area contributed by atoms with E-state index < -0.39 is 5.69 Å². The molecule has 2 rings (SSSR count). The minimum atomic E-state index is -0.533. The van der Waals surface area contributed by atoms with Crippen molar-refractivity contribution in [1.29, 1.82) is 0 Å². The molecule has 0 aliphatic heterocycles. The van der Waals surface area contributed by atoms with Crippen LogP contribution in [0.15, 0.2) is 32.3 Å². The fourth-order valence-corrected chi connectivity index (χ4v) is 2.40. The second kappa shape index (κ2) is 5.35. The fourth-order valence-electron chi connectivity index (χ4n) is 1.86. The first-order chi connectivity index (χ1) is 8.95. The summed E-state index contributed by atoms with van der Waals surface area (Å²) in [5.74, 6) is 0. The van der Waals surface area contributed by atoms with Gasteiger partial charge in [-0.05, 0) is 37.1 Å². The van der Waals surface area contributed by atoms with Crippen molar-refractivity contribution in [3.8, 4) is 5.69 Å². The van der Waals surface area contributed by atoms with Gasteiger partial charge in [0.1, 0.15) is 5.15 Å². The molecule has 1 aromatic carbocycles. The highest BCUT2D eigenvalue weighted by Gasteiger charge is 2.13. The lowest BCUT2D eigenvalue weighted by Gasteiger charge is -2.09. The zero-order valence-corrected chi connectivity index (χ0v) is 12.8. The summed E-state index contributed by atoms with van der Waals surface area (Å²) in [5.41, 5.74) is 0.962. The standard InChI is InChI=1S/C13H12BrClN2O2/c1-3-9-11(15)16-13(19)17(12(9)18)8-4-5-10(14)7(2)6-8/h4-6H,3H2,1-2H3,(H,16,19).